The van der Waals surface area contributed by atoms with Crippen LogP contribution in [0.1, 0.15) is 61.4 Å². The molecule has 2 heterocycles. The van der Waals surface area contributed by atoms with Crippen molar-refractivity contribution in [1.29, 1.82) is 0 Å². The number of aryl methyl sites for hydroxylation is 3. The number of aromatic nitrogens is 4. The Bertz CT molecular complexity index is 819. The van der Waals surface area contributed by atoms with E-state index in [1.165, 1.54) is 22.5 Å². The van der Waals surface area contributed by atoms with Crippen molar-refractivity contribution in [1.82, 2.24) is 30.2 Å². The summed E-state index contributed by atoms with van der Waals surface area (Å²) in [6.45, 7) is 12.1. The molecule has 2 N–H and O–H groups in total. The molecule has 8 heteroatoms. The normalized spacial score (nSPS) is 16.7. The molecule has 0 aliphatic heterocycles. The summed E-state index contributed by atoms with van der Waals surface area (Å²) in [5, 5.41) is 16.3. The molecule has 3 rings (SSSR count). The minimum absolute atomic E-state index is 0. The Labute approximate surface area is 185 Å². The van der Waals surface area contributed by atoms with Crippen molar-refractivity contribution >= 4 is 29.9 Å². The molecule has 1 unspecified atom stereocenters. The van der Waals surface area contributed by atoms with Gasteiger partial charge in [-0.05, 0) is 53.0 Å². The van der Waals surface area contributed by atoms with Crippen LogP contribution in [0, 0.1) is 13.8 Å². The van der Waals surface area contributed by atoms with Crippen LogP contribution in [0.5, 0.6) is 0 Å². The van der Waals surface area contributed by atoms with Gasteiger partial charge in [-0.15, -0.1) is 24.0 Å². The first-order valence-electron chi connectivity index (χ1n) is 9.99. The molecule has 0 aromatic carbocycles. The van der Waals surface area contributed by atoms with Crippen LogP contribution in [-0.2, 0) is 26.4 Å². The molecule has 0 amide bonds. The van der Waals surface area contributed by atoms with Crippen LogP contribution in [0.2, 0.25) is 0 Å². The summed E-state index contributed by atoms with van der Waals surface area (Å²) >= 11 is 0. The third kappa shape index (κ3) is 5.07. The second-order valence-corrected chi connectivity index (χ2v) is 7.73. The van der Waals surface area contributed by atoms with Gasteiger partial charge in [-0.3, -0.25) is 9.36 Å². The number of hydrogen-bond donors (Lipinski definition) is 2. The SMILES string of the molecule is CCNC(=NCc1c(C)nn(C)c1C)NC1CCc2cn(C(C)C)nc2C1.I. The van der Waals surface area contributed by atoms with Crippen LogP contribution in [0.3, 0.4) is 0 Å². The van der Waals surface area contributed by atoms with E-state index in [4.69, 9.17) is 10.1 Å². The Balaban J connectivity index is 0.00000280. The maximum atomic E-state index is 4.82. The molecule has 0 radical (unpaired) electrons. The summed E-state index contributed by atoms with van der Waals surface area (Å²) in [5.74, 6) is 0.872. The number of halogens is 1. The fraction of sp³-hybridized carbons (Fsp3) is 0.650. The number of guanidine groups is 1. The number of nitrogens with one attached hydrogen (secondary N) is 2. The van der Waals surface area contributed by atoms with Crippen LogP contribution in [0.4, 0.5) is 0 Å². The molecule has 2 aromatic heterocycles. The van der Waals surface area contributed by atoms with E-state index in [0.717, 1.165) is 37.5 Å². The largest absolute Gasteiger partial charge is 0.357 e. The summed E-state index contributed by atoms with van der Waals surface area (Å²) in [7, 11) is 1.98. The first-order chi connectivity index (χ1) is 12.9. The van der Waals surface area contributed by atoms with Crippen molar-refractivity contribution in [3.63, 3.8) is 0 Å². The maximum absolute atomic E-state index is 4.82. The van der Waals surface area contributed by atoms with Gasteiger partial charge in [0.15, 0.2) is 5.96 Å². The van der Waals surface area contributed by atoms with Crippen LogP contribution in [-0.4, -0.2) is 38.1 Å². The predicted molar refractivity (Wildman–Crippen MR) is 124 cm³/mol. The summed E-state index contributed by atoms with van der Waals surface area (Å²) in [4.78, 5) is 4.82. The fourth-order valence-electron chi connectivity index (χ4n) is 3.62. The van der Waals surface area contributed by atoms with Gasteiger partial charge in [0.25, 0.3) is 0 Å². The highest BCUT2D eigenvalue weighted by Crippen LogP contribution is 2.22. The predicted octanol–water partition coefficient (Wildman–Crippen LogP) is 3.04. The second-order valence-electron chi connectivity index (χ2n) is 7.73. The molecule has 156 valence electrons. The Morgan fingerprint density at radius 1 is 1.32 bits per heavy atom. The van der Waals surface area contributed by atoms with Crippen LogP contribution in [0.15, 0.2) is 11.2 Å². The zero-order chi connectivity index (χ0) is 19.6. The van der Waals surface area contributed by atoms with E-state index < -0.39 is 0 Å². The number of hydrogen-bond acceptors (Lipinski definition) is 3. The highest BCUT2D eigenvalue weighted by molar-refractivity contribution is 14.0. The molecule has 0 fully saturated rings. The minimum Gasteiger partial charge on any atom is -0.357 e. The third-order valence-corrected chi connectivity index (χ3v) is 5.37. The minimum atomic E-state index is 0. The van der Waals surface area contributed by atoms with E-state index in [0.29, 0.717) is 18.6 Å². The van der Waals surface area contributed by atoms with Crippen LogP contribution < -0.4 is 10.6 Å². The standard InChI is InChI=1S/C20H33N7.HI/c1-7-21-20(22-11-18-14(4)24-26(6)15(18)5)23-17-9-8-16-12-27(13(2)3)25-19(16)10-17;/h12-13,17H,7-11H2,1-6H3,(H2,21,22,23);1H. The summed E-state index contributed by atoms with van der Waals surface area (Å²) in [6, 6.07) is 0.772. The van der Waals surface area contributed by atoms with Gasteiger partial charge < -0.3 is 10.6 Å². The first-order valence-corrected chi connectivity index (χ1v) is 9.99. The van der Waals surface area contributed by atoms with Crippen molar-refractivity contribution in [2.45, 2.75) is 72.5 Å². The smallest absolute Gasteiger partial charge is 0.191 e. The molecule has 0 saturated heterocycles. The lowest BCUT2D eigenvalue weighted by atomic mass is 9.94. The molecule has 0 spiro atoms. The van der Waals surface area contributed by atoms with E-state index in [2.05, 4.69) is 54.3 Å². The Kier molecular flexibility index (Phi) is 7.91. The summed E-state index contributed by atoms with van der Waals surface area (Å²) < 4.78 is 4.01. The average molecular weight is 499 g/mol. The molecule has 1 aliphatic rings. The second kappa shape index (κ2) is 9.76. The van der Waals surface area contributed by atoms with Gasteiger partial charge in [-0.25, -0.2) is 4.99 Å². The van der Waals surface area contributed by atoms with Crippen LogP contribution >= 0.6 is 24.0 Å². The molecule has 0 bridgehead atoms. The number of nitrogens with zero attached hydrogens (tertiary/aromatic N) is 5. The van der Waals surface area contributed by atoms with Crippen LogP contribution in [0.25, 0.3) is 0 Å². The lowest BCUT2D eigenvalue weighted by molar-refractivity contribution is 0.499. The Morgan fingerprint density at radius 3 is 2.68 bits per heavy atom. The highest BCUT2D eigenvalue weighted by atomic mass is 127. The van der Waals surface area contributed by atoms with Crippen molar-refractivity contribution < 1.29 is 0 Å². The zero-order valence-electron chi connectivity index (χ0n) is 17.9. The van der Waals surface area contributed by atoms with Crippen molar-refractivity contribution in [2.75, 3.05) is 6.54 Å². The zero-order valence-corrected chi connectivity index (χ0v) is 20.2. The molecule has 28 heavy (non-hydrogen) atoms. The van der Waals surface area contributed by atoms with E-state index >= 15 is 0 Å². The quantitative estimate of drug-likeness (QED) is 0.377. The summed E-state index contributed by atoms with van der Waals surface area (Å²) in [5.41, 5.74) is 6.05. The topological polar surface area (TPSA) is 72.1 Å². The first kappa shape index (κ1) is 22.7. The molecule has 7 nitrogen and oxygen atoms in total. The third-order valence-electron chi connectivity index (χ3n) is 5.37. The summed E-state index contributed by atoms with van der Waals surface area (Å²) in [6.07, 6.45) is 5.33. The Hall–Kier alpha value is -1.58. The van der Waals surface area contributed by atoms with Crippen molar-refractivity contribution in [3.8, 4) is 0 Å². The highest BCUT2D eigenvalue weighted by Gasteiger charge is 2.23. The van der Waals surface area contributed by atoms with E-state index in [-0.39, 0.29) is 24.0 Å². The van der Waals surface area contributed by atoms with Crippen molar-refractivity contribution in [2.24, 2.45) is 12.0 Å². The van der Waals surface area contributed by atoms with E-state index in [9.17, 15) is 0 Å². The van der Waals surface area contributed by atoms with E-state index in [1.54, 1.807) is 0 Å². The monoisotopic (exact) mass is 499 g/mol. The number of aliphatic imine (C=N–C) groups is 1. The van der Waals surface area contributed by atoms with Crippen molar-refractivity contribution in [3.05, 3.63) is 34.4 Å². The molecular weight excluding hydrogens is 465 g/mol. The number of rotatable bonds is 5. The molecular formula is C20H34IN7. The van der Waals surface area contributed by atoms with E-state index in [1.807, 2.05) is 18.7 Å². The lowest BCUT2D eigenvalue weighted by Gasteiger charge is -2.24. The molecule has 1 atom stereocenters. The maximum Gasteiger partial charge on any atom is 0.191 e. The average Bonchev–Trinajstić information content (AvgIpc) is 3.14. The van der Waals surface area contributed by atoms with Gasteiger partial charge in [0.05, 0.1) is 17.9 Å². The molecule has 0 saturated carbocycles. The Morgan fingerprint density at radius 2 is 2.07 bits per heavy atom. The lowest BCUT2D eigenvalue weighted by Crippen LogP contribution is -2.45. The molecule has 1 aliphatic carbocycles. The van der Waals surface area contributed by atoms with Gasteiger partial charge in [0, 0.05) is 49.6 Å². The number of fused-ring (bicyclic) bond motifs is 1. The van der Waals surface area contributed by atoms with Gasteiger partial charge in [0.2, 0.25) is 0 Å². The molecule has 2 aromatic rings. The van der Waals surface area contributed by atoms with Gasteiger partial charge >= 0.3 is 0 Å². The fourth-order valence-corrected chi connectivity index (χ4v) is 3.62. The van der Waals surface area contributed by atoms with Gasteiger partial charge in [-0.2, -0.15) is 10.2 Å². The van der Waals surface area contributed by atoms with Gasteiger partial charge in [0.1, 0.15) is 0 Å². The van der Waals surface area contributed by atoms with Gasteiger partial charge in [-0.1, -0.05) is 0 Å².